The van der Waals surface area contributed by atoms with Gasteiger partial charge in [0.25, 0.3) is 0 Å². The van der Waals surface area contributed by atoms with E-state index < -0.39 is 0 Å². The van der Waals surface area contributed by atoms with Gasteiger partial charge in [0.2, 0.25) is 0 Å². The van der Waals surface area contributed by atoms with Crippen molar-refractivity contribution in [2.24, 2.45) is 0 Å². The van der Waals surface area contributed by atoms with Gasteiger partial charge in [0.05, 0.1) is 0 Å². The van der Waals surface area contributed by atoms with E-state index in [2.05, 4.69) is 10.6 Å². The molecule has 3 aromatic rings. The van der Waals surface area contributed by atoms with Crippen molar-refractivity contribution in [2.75, 3.05) is 5.32 Å². The van der Waals surface area contributed by atoms with Gasteiger partial charge in [-0.15, -0.1) is 0 Å². The third-order valence-corrected chi connectivity index (χ3v) is 3.71. The molecule has 0 spiro atoms. The van der Waals surface area contributed by atoms with Crippen molar-refractivity contribution in [3.63, 3.8) is 0 Å². The molecule has 3 rings (SSSR count). The minimum absolute atomic E-state index is 0.276. The van der Waals surface area contributed by atoms with E-state index in [-0.39, 0.29) is 11.8 Å². The Labute approximate surface area is 151 Å². The first kappa shape index (κ1) is 17.5. The monoisotopic (exact) mass is 350 g/mol. The number of anilines is 1. The zero-order valence-corrected chi connectivity index (χ0v) is 14.1. The molecule has 3 aromatic carbocycles. The van der Waals surface area contributed by atoms with Gasteiger partial charge < -0.3 is 15.4 Å². The van der Waals surface area contributed by atoms with Crippen LogP contribution in [0.1, 0.15) is 11.1 Å². The normalized spacial score (nSPS) is 10.2. The molecule has 0 fully saturated rings. The molecule has 132 valence electrons. The number of carbonyl (C=O) groups is 1. The van der Waals surface area contributed by atoms with Crippen molar-refractivity contribution in [2.45, 2.75) is 13.2 Å². The molecule has 2 amide bonds. The van der Waals surface area contributed by atoms with Gasteiger partial charge in [0.1, 0.15) is 18.2 Å². The largest absolute Gasteiger partial charge is 0.489 e. The molecule has 26 heavy (non-hydrogen) atoms. The smallest absolute Gasteiger partial charge is 0.319 e. The Kier molecular flexibility index (Phi) is 5.83. The zero-order valence-electron chi connectivity index (χ0n) is 14.1. The second-order valence-electron chi connectivity index (χ2n) is 5.74. The molecule has 0 aliphatic rings. The van der Waals surface area contributed by atoms with Gasteiger partial charge >= 0.3 is 6.03 Å². The molecule has 2 N–H and O–H groups in total. The number of ether oxygens (including phenoxy) is 1. The molecule has 0 aliphatic heterocycles. The van der Waals surface area contributed by atoms with E-state index >= 15 is 0 Å². The van der Waals surface area contributed by atoms with Gasteiger partial charge in [-0.2, -0.15) is 0 Å². The van der Waals surface area contributed by atoms with E-state index in [1.54, 1.807) is 36.4 Å². The fraction of sp³-hybridized carbons (Fsp3) is 0.0952. The quantitative estimate of drug-likeness (QED) is 0.675. The number of urea groups is 1. The fourth-order valence-electron chi connectivity index (χ4n) is 2.36. The number of rotatable bonds is 6. The summed E-state index contributed by atoms with van der Waals surface area (Å²) in [5, 5.41) is 5.58. The Hall–Kier alpha value is -3.34. The SMILES string of the molecule is O=C(NCc1ccccc1)Nc1cccc(OCc2ccc(F)cc2)c1. The third kappa shape index (κ3) is 5.34. The average Bonchev–Trinajstić information content (AvgIpc) is 2.67. The second-order valence-corrected chi connectivity index (χ2v) is 5.74. The van der Waals surface area contributed by atoms with Gasteiger partial charge in [-0.1, -0.05) is 48.5 Å². The van der Waals surface area contributed by atoms with Crippen LogP contribution in [0.15, 0.2) is 78.9 Å². The van der Waals surface area contributed by atoms with E-state index in [1.807, 2.05) is 30.3 Å². The minimum atomic E-state index is -0.287. The number of carbonyl (C=O) groups excluding carboxylic acids is 1. The van der Waals surface area contributed by atoms with Crippen molar-refractivity contribution in [3.8, 4) is 5.75 Å². The Morgan fingerprint density at radius 3 is 2.42 bits per heavy atom. The van der Waals surface area contributed by atoms with Gasteiger partial charge in [0.15, 0.2) is 0 Å². The van der Waals surface area contributed by atoms with Crippen LogP contribution in [0.2, 0.25) is 0 Å². The molecule has 5 heteroatoms. The van der Waals surface area contributed by atoms with Gasteiger partial charge in [0, 0.05) is 18.3 Å². The molecule has 0 radical (unpaired) electrons. The molecule has 0 heterocycles. The number of nitrogens with one attached hydrogen (secondary N) is 2. The predicted molar refractivity (Wildman–Crippen MR) is 99.5 cm³/mol. The summed E-state index contributed by atoms with van der Waals surface area (Å²) in [5.41, 5.74) is 2.52. The van der Waals surface area contributed by atoms with Crippen molar-refractivity contribution in [3.05, 3.63) is 95.8 Å². The first-order valence-electron chi connectivity index (χ1n) is 8.25. The Morgan fingerprint density at radius 1 is 0.885 bits per heavy atom. The second kappa shape index (κ2) is 8.67. The lowest BCUT2D eigenvalue weighted by molar-refractivity contribution is 0.251. The van der Waals surface area contributed by atoms with Crippen LogP contribution in [-0.2, 0) is 13.2 Å². The Bertz CT molecular complexity index is 851. The molecular weight excluding hydrogens is 331 g/mol. The summed E-state index contributed by atoms with van der Waals surface area (Å²) in [6.07, 6.45) is 0. The van der Waals surface area contributed by atoms with Crippen LogP contribution >= 0.6 is 0 Å². The number of hydrogen-bond acceptors (Lipinski definition) is 2. The maximum atomic E-state index is 12.9. The molecule has 0 saturated carbocycles. The lowest BCUT2D eigenvalue weighted by Crippen LogP contribution is -2.28. The number of halogens is 1. The summed E-state index contributed by atoms with van der Waals surface area (Å²) >= 11 is 0. The first-order valence-corrected chi connectivity index (χ1v) is 8.25. The highest BCUT2D eigenvalue weighted by Crippen LogP contribution is 2.18. The summed E-state index contributed by atoms with van der Waals surface area (Å²) < 4.78 is 18.6. The highest BCUT2D eigenvalue weighted by Gasteiger charge is 2.03. The van der Waals surface area contributed by atoms with E-state index in [0.29, 0.717) is 24.6 Å². The fourth-order valence-corrected chi connectivity index (χ4v) is 2.36. The standard InChI is InChI=1S/C21H19FN2O2/c22-18-11-9-17(10-12-18)15-26-20-8-4-7-19(13-20)24-21(25)23-14-16-5-2-1-3-6-16/h1-13H,14-15H2,(H2,23,24,25). The summed E-state index contributed by atoms with van der Waals surface area (Å²) in [7, 11) is 0. The molecule has 4 nitrogen and oxygen atoms in total. The summed E-state index contributed by atoms with van der Waals surface area (Å²) in [5.74, 6) is 0.344. The van der Waals surface area contributed by atoms with E-state index in [1.165, 1.54) is 12.1 Å². The van der Waals surface area contributed by atoms with E-state index in [4.69, 9.17) is 4.74 Å². The maximum Gasteiger partial charge on any atom is 0.319 e. The number of benzene rings is 3. The molecule has 0 bridgehead atoms. The average molecular weight is 350 g/mol. The molecule has 0 atom stereocenters. The van der Waals surface area contributed by atoms with E-state index in [9.17, 15) is 9.18 Å². The molecule has 0 unspecified atom stereocenters. The van der Waals surface area contributed by atoms with Crippen LogP contribution in [0, 0.1) is 5.82 Å². The lowest BCUT2D eigenvalue weighted by atomic mass is 10.2. The Balaban J connectivity index is 1.51. The zero-order chi connectivity index (χ0) is 18.2. The van der Waals surface area contributed by atoms with Crippen molar-refractivity contribution in [1.82, 2.24) is 5.32 Å². The summed E-state index contributed by atoms with van der Waals surface area (Å²) in [6.45, 7) is 0.775. The van der Waals surface area contributed by atoms with Gasteiger partial charge in [-0.25, -0.2) is 9.18 Å². The van der Waals surface area contributed by atoms with Crippen LogP contribution in [0.4, 0.5) is 14.9 Å². The first-order chi connectivity index (χ1) is 12.7. The summed E-state index contributed by atoms with van der Waals surface area (Å²) in [6, 6.07) is 22.7. The van der Waals surface area contributed by atoms with Crippen LogP contribution in [0.5, 0.6) is 5.75 Å². The predicted octanol–water partition coefficient (Wildman–Crippen LogP) is 4.73. The number of amides is 2. The summed E-state index contributed by atoms with van der Waals surface area (Å²) in [4.78, 5) is 12.0. The maximum absolute atomic E-state index is 12.9. The van der Waals surface area contributed by atoms with Gasteiger partial charge in [-0.3, -0.25) is 0 Å². The van der Waals surface area contributed by atoms with E-state index in [0.717, 1.165) is 11.1 Å². The highest BCUT2D eigenvalue weighted by molar-refractivity contribution is 5.89. The third-order valence-electron chi connectivity index (χ3n) is 3.71. The van der Waals surface area contributed by atoms with Crippen molar-refractivity contribution < 1.29 is 13.9 Å². The van der Waals surface area contributed by atoms with Crippen LogP contribution in [0.25, 0.3) is 0 Å². The topological polar surface area (TPSA) is 50.4 Å². The molecule has 0 saturated heterocycles. The van der Waals surface area contributed by atoms with Crippen LogP contribution in [0.3, 0.4) is 0 Å². The van der Waals surface area contributed by atoms with Crippen LogP contribution < -0.4 is 15.4 Å². The number of hydrogen-bond donors (Lipinski definition) is 2. The van der Waals surface area contributed by atoms with Crippen LogP contribution in [-0.4, -0.2) is 6.03 Å². The highest BCUT2D eigenvalue weighted by atomic mass is 19.1. The molecule has 0 aliphatic carbocycles. The van der Waals surface area contributed by atoms with Crippen molar-refractivity contribution >= 4 is 11.7 Å². The lowest BCUT2D eigenvalue weighted by Gasteiger charge is -2.10. The minimum Gasteiger partial charge on any atom is -0.489 e. The Morgan fingerprint density at radius 2 is 1.65 bits per heavy atom. The van der Waals surface area contributed by atoms with Gasteiger partial charge in [-0.05, 0) is 35.4 Å². The molecular formula is C21H19FN2O2. The van der Waals surface area contributed by atoms with Crippen molar-refractivity contribution in [1.29, 1.82) is 0 Å². The molecule has 0 aromatic heterocycles.